The smallest absolute Gasteiger partial charge is 0.353 e. The van der Waals surface area contributed by atoms with Crippen molar-refractivity contribution in [2.24, 2.45) is 0 Å². The molecule has 0 aliphatic heterocycles. The summed E-state index contributed by atoms with van der Waals surface area (Å²) in [4.78, 5) is 18.6. The molecule has 2 N–H and O–H groups in total. The summed E-state index contributed by atoms with van der Waals surface area (Å²) in [7, 11) is 0. The van der Waals surface area contributed by atoms with Gasteiger partial charge in [-0.1, -0.05) is 18.2 Å². The van der Waals surface area contributed by atoms with Crippen LogP contribution in [0.25, 0.3) is 0 Å². The molecule has 21 heavy (non-hydrogen) atoms. The molecule has 2 aromatic rings. The zero-order valence-electron chi connectivity index (χ0n) is 11.5. The number of nitrogens with zero attached hydrogens (tertiary/aromatic N) is 3. The summed E-state index contributed by atoms with van der Waals surface area (Å²) in [6.45, 7) is 5.88. The number of aryl methyl sites for hydroxylation is 1. The largest absolute Gasteiger partial charge is 0.361 e. The highest BCUT2D eigenvalue weighted by atomic mass is 16.6. The van der Waals surface area contributed by atoms with Gasteiger partial charge in [-0.2, -0.15) is 0 Å². The first-order valence-electron chi connectivity index (χ1n) is 6.29. The predicted octanol–water partition coefficient (Wildman–Crippen LogP) is 3.03. The fourth-order valence-corrected chi connectivity index (χ4v) is 1.80. The fraction of sp³-hybridized carbons (Fsp3) is 0.143. The molecule has 1 heterocycles. The van der Waals surface area contributed by atoms with E-state index in [1.165, 1.54) is 6.33 Å². The van der Waals surface area contributed by atoms with Crippen LogP contribution in [0.3, 0.4) is 0 Å². The Labute approximate surface area is 121 Å². The quantitative estimate of drug-likeness (QED) is 0.481. The average molecular weight is 285 g/mol. The monoisotopic (exact) mass is 285 g/mol. The maximum absolute atomic E-state index is 11.3. The molecule has 0 amide bonds. The van der Waals surface area contributed by atoms with Gasteiger partial charge in [0.1, 0.15) is 6.33 Å². The molecule has 7 heteroatoms. The van der Waals surface area contributed by atoms with E-state index >= 15 is 0 Å². The van der Waals surface area contributed by atoms with E-state index in [4.69, 9.17) is 0 Å². The zero-order chi connectivity index (χ0) is 15.2. The topological polar surface area (TPSA) is 93.0 Å². The molecule has 0 atom stereocenters. The van der Waals surface area contributed by atoms with E-state index in [0.29, 0.717) is 6.54 Å². The molecular weight excluding hydrogens is 270 g/mol. The number of aromatic nitrogens is 2. The van der Waals surface area contributed by atoms with Crippen molar-refractivity contribution in [3.8, 4) is 0 Å². The summed E-state index contributed by atoms with van der Waals surface area (Å²) in [5.74, 6) is 0.303. The highest BCUT2D eigenvalue weighted by molar-refractivity contribution is 5.73. The third kappa shape index (κ3) is 3.53. The van der Waals surface area contributed by atoms with Gasteiger partial charge in [-0.25, -0.2) is 9.97 Å². The minimum absolute atomic E-state index is 0.146. The van der Waals surface area contributed by atoms with Gasteiger partial charge in [0.2, 0.25) is 11.6 Å². The van der Waals surface area contributed by atoms with Crippen molar-refractivity contribution in [3.05, 3.63) is 58.9 Å². The summed E-state index contributed by atoms with van der Waals surface area (Å²) in [5.41, 5.74) is 1.58. The molecule has 0 aliphatic carbocycles. The van der Waals surface area contributed by atoms with E-state index in [9.17, 15) is 10.1 Å². The standard InChI is InChI=1S/C14H15N5O2/c1-3-7-15-13-12(19(20)21)14(17-9-16-13)18-11-6-4-5-10(2)8-11/h3-6,8-9H,1,7H2,2H3,(H2,15,16,17,18). The number of nitrogens with one attached hydrogen (secondary N) is 2. The Balaban J connectivity index is 2.38. The van der Waals surface area contributed by atoms with Gasteiger partial charge in [0.25, 0.3) is 0 Å². The lowest BCUT2D eigenvalue weighted by molar-refractivity contribution is -0.383. The maximum Gasteiger partial charge on any atom is 0.353 e. The second-order valence-electron chi connectivity index (χ2n) is 4.34. The van der Waals surface area contributed by atoms with Crippen LogP contribution in [-0.4, -0.2) is 21.4 Å². The molecule has 0 saturated heterocycles. The van der Waals surface area contributed by atoms with E-state index in [1.807, 2.05) is 31.2 Å². The van der Waals surface area contributed by atoms with E-state index in [1.54, 1.807) is 6.08 Å². The molecule has 0 radical (unpaired) electrons. The lowest BCUT2D eigenvalue weighted by Crippen LogP contribution is -2.08. The van der Waals surface area contributed by atoms with Gasteiger partial charge < -0.3 is 10.6 Å². The maximum atomic E-state index is 11.3. The predicted molar refractivity (Wildman–Crippen MR) is 81.8 cm³/mol. The molecular formula is C14H15N5O2. The van der Waals surface area contributed by atoms with Crippen LogP contribution in [0.15, 0.2) is 43.2 Å². The number of anilines is 3. The summed E-state index contributed by atoms with van der Waals surface area (Å²) in [6, 6.07) is 7.50. The first kappa shape index (κ1) is 14.4. The van der Waals surface area contributed by atoms with Gasteiger partial charge in [-0.15, -0.1) is 6.58 Å². The van der Waals surface area contributed by atoms with Crippen molar-refractivity contribution in [2.75, 3.05) is 17.2 Å². The third-order valence-corrected chi connectivity index (χ3v) is 2.70. The molecule has 0 unspecified atom stereocenters. The first-order chi connectivity index (χ1) is 10.1. The van der Waals surface area contributed by atoms with Crippen molar-refractivity contribution in [3.63, 3.8) is 0 Å². The van der Waals surface area contributed by atoms with Crippen molar-refractivity contribution in [1.29, 1.82) is 0 Å². The summed E-state index contributed by atoms with van der Waals surface area (Å²) in [6.07, 6.45) is 2.87. The van der Waals surface area contributed by atoms with E-state index in [-0.39, 0.29) is 17.3 Å². The molecule has 0 fully saturated rings. The Bertz CT molecular complexity index is 672. The fourth-order valence-electron chi connectivity index (χ4n) is 1.80. The molecule has 0 aliphatic rings. The van der Waals surface area contributed by atoms with Crippen molar-refractivity contribution < 1.29 is 4.92 Å². The Morgan fingerprint density at radius 2 is 2.14 bits per heavy atom. The Morgan fingerprint density at radius 3 is 2.81 bits per heavy atom. The number of hydrogen-bond donors (Lipinski definition) is 2. The number of hydrogen-bond acceptors (Lipinski definition) is 6. The van der Waals surface area contributed by atoms with Gasteiger partial charge in [0.05, 0.1) is 4.92 Å². The van der Waals surface area contributed by atoms with E-state index in [0.717, 1.165) is 11.3 Å². The van der Waals surface area contributed by atoms with E-state index in [2.05, 4.69) is 27.2 Å². The lowest BCUT2D eigenvalue weighted by atomic mass is 10.2. The van der Waals surface area contributed by atoms with Crippen LogP contribution in [0.1, 0.15) is 5.56 Å². The minimum atomic E-state index is -0.510. The summed E-state index contributed by atoms with van der Waals surface area (Å²) >= 11 is 0. The molecule has 0 saturated carbocycles. The van der Waals surface area contributed by atoms with E-state index < -0.39 is 4.92 Å². The van der Waals surface area contributed by atoms with Gasteiger partial charge in [0.15, 0.2) is 0 Å². The van der Waals surface area contributed by atoms with Crippen LogP contribution in [0, 0.1) is 17.0 Å². The normalized spacial score (nSPS) is 9.95. The van der Waals surface area contributed by atoms with Gasteiger partial charge in [-0.05, 0) is 24.6 Å². The minimum Gasteiger partial charge on any atom is -0.361 e. The van der Waals surface area contributed by atoms with Crippen molar-refractivity contribution in [1.82, 2.24) is 9.97 Å². The average Bonchev–Trinajstić information content (AvgIpc) is 2.45. The SMILES string of the molecule is C=CCNc1ncnc(Nc2cccc(C)c2)c1[N+](=O)[O-]. The van der Waals surface area contributed by atoms with Gasteiger partial charge in [0, 0.05) is 12.2 Å². The molecule has 7 nitrogen and oxygen atoms in total. The zero-order valence-corrected chi connectivity index (χ0v) is 11.5. The van der Waals surface area contributed by atoms with Crippen molar-refractivity contribution in [2.45, 2.75) is 6.92 Å². The van der Waals surface area contributed by atoms with Crippen LogP contribution in [-0.2, 0) is 0 Å². The number of rotatable bonds is 6. The van der Waals surface area contributed by atoms with Gasteiger partial charge >= 0.3 is 5.69 Å². The van der Waals surface area contributed by atoms with Gasteiger partial charge in [-0.3, -0.25) is 10.1 Å². The Morgan fingerprint density at radius 1 is 1.38 bits per heavy atom. The molecule has 108 valence electrons. The second-order valence-corrected chi connectivity index (χ2v) is 4.34. The van der Waals surface area contributed by atoms with Crippen LogP contribution in [0.2, 0.25) is 0 Å². The molecule has 0 bridgehead atoms. The number of nitro groups is 1. The van der Waals surface area contributed by atoms with Crippen LogP contribution in [0.5, 0.6) is 0 Å². The van der Waals surface area contributed by atoms with Crippen molar-refractivity contribution >= 4 is 23.0 Å². The summed E-state index contributed by atoms with van der Waals surface area (Å²) < 4.78 is 0. The van der Waals surface area contributed by atoms with Crippen LogP contribution in [0.4, 0.5) is 23.0 Å². The first-order valence-corrected chi connectivity index (χ1v) is 6.29. The highest BCUT2D eigenvalue weighted by Crippen LogP contribution is 2.31. The third-order valence-electron chi connectivity index (χ3n) is 2.70. The summed E-state index contributed by atoms with van der Waals surface area (Å²) in [5, 5.41) is 17.1. The van der Waals surface area contributed by atoms with Crippen LogP contribution >= 0.6 is 0 Å². The molecule has 1 aromatic carbocycles. The second kappa shape index (κ2) is 6.47. The highest BCUT2D eigenvalue weighted by Gasteiger charge is 2.22. The molecule has 0 spiro atoms. The lowest BCUT2D eigenvalue weighted by Gasteiger charge is -2.09. The van der Waals surface area contributed by atoms with Crippen LogP contribution < -0.4 is 10.6 Å². The number of benzene rings is 1. The Kier molecular flexibility index (Phi) is 4.45. The molecule has 2 rings (SSSR count). The Hall–Kier alpha value is -2.96. The molecule has 1 aromatic heterocycles.